The lowest BCUT2D eigenvalue weighted by Crippen LogP contribution is -2.46. The normalized spacial score (nSPS) is 21.6. The summed E-state index contributed by atoms with van der Waals surface area (Å²) in [4.78, 5) is 16.7. The lowest BCUT2D eigenvalue weighted by molar-refractivity contribution is 0.0119. The highest BCUT2D eigenvalue weighted by Crippen LogP contribution is 2.46. The number of ether oxygens (including phenoxy) is 1. The third-order valence-corrected chi connectivity index (χ3v) is 6.28. The monoisotopic (exact) mass is 403 g/mol. The fraction of sp³-hybridized carbons (Fsp3) is 0.636. The Labute approximate surface area is 173 Å². The summed E-state index contributed by atoms with van der Waals surface area (Å²) >= 11 is 6.28. The van der Waals surface area contributed by atoms with Gasteiger partial charge in [0.1, 0.15) is 11.7 Å². The van der Waals surface area contributed by atoms with Gasteiger partial charge in [-0.05, 0) is 70.1 Å². The van der Waals surface area contributed by atoms with Gasteiger partial charge in [0.2, 0.25) is 0 Å². The van der Waals surface area contributed by atoms with Crippen molar-refractivity contribution in [3.8, 4) is 6.07 Å². The fourth-order valence-corrected chi connectivity index (χ4v) is 4.67. The van der Waals surface area contributed by atoms with E-state index in [0.717, 1.165) is 51.0 Å². The molecule has 1 spiro atoms. The number of rotatable bonds is 2. The zero-order chi connectivity index (χ0) is 20.5. The number of halogens is 1. The number of carbonyl (C=O) groups excluding carboxylic acids is 1. The summed E-state index contributed by atoms with van der Waals surface area (Å²) in [5.41, 5.74) is 1.36. The highest BCUT2D eigenvalue weighted by Gasteiger charge is 2.46. The van der Waals surface area contributed by atoms with Crippen molar-refractivity contribution in [2.24, 2.45) is 5.41 Å². The van der Waals surface area contributed by atoms with Crippen molar-refractivity contribution in [3.63, 3.8) is 0 Å². The van der Waals surface area contributed by atoms with Crippen molar-refractivity contribution in [1.82, 2.24) is 4.90 Å². The molecule has 2 saturated heterocycles. The first-order chi connectivity index (χ1) is 13.2. The van der Waals surface area contributed by atoms with Gasteiger partial charge >= 0.3 is 6.09 Å². The Hall–Kier alpha value is -1.93. The zero-order valence-corrected chi connectivity index (χ0v) is 18.1. The van der Waals surface area contributed by atoms with Crippen LogP contribution in [0.4, 0.5) is 10.5 Å². The van der Waals surface area contributed by atoms with E-state index >= 15 is 0 Å². The number of likely N-dealkylation sites (tertiary alicyclic amines) is 1. The predicted octanol–water partition coefficient (Wildman–Crippen LogP) is 5.22. The summed E-state index contributed by atoms with van der Waals surface area (Å²) in [7, 11) is 0. The smallest absolute Gasteiger partial charge is 0.410 e. The molecule has 1 atom stereocenters. The first-order valence-corrected chi connectivity index (χ1v) is 10.5. The number of piperidine rings is 1. The van der Waals surface area contributed by atoms with Crippen LogP contribution in [0.2, 0.25) is 5.02 Å². The van der Waals surface area contributed by atoms with E-state index in [1.165, 1.54) is 0 Å². The minimum absolute atomic E-state index is 0.205. The number of carbonyl (C=O) groups is 1. The Balaban J connectivity index is 1.70. The van der Waals surface area contributed by atoms with Crippen LogP contribution in [0.15, 0.2) is 18.2 Å². The summed E-state index contributed by atoms with van der Waals surface area (Å²) in [6.45, 7) is 10.4. The SMILES string of the molecule is CC[C@H]1CC2(CCN(C(=O)OC(C)(C)C)CC2)CN1c1ccc(C#N)c(Cl)c1. The molecule has 0 aromatic heterocycles. The summed E-state index contributed by atoms with van der Waals surface area (Å²) in [5, 5.41) is 9.63. The van der Waals surface area contributed by atoms with Crippen LogP contribution in [0, 0.1) is 16.7 Å². The van der Waals surface area contributed by atoms with Gasteiger partial charge in [-0.2, -0.15) is 5.26 Å². The molecule has 5 nitrogen and oxygen atoms in total. The minimum Gasteiger partial charge on any atom is -0.444 e. The molecule has 0 radical (unpaired) electrons. The second-order valence-corrected chi connectivity index (χ2v) is 9.54. The molecule has 3 rings (SSSR count). The topological polar surface area (TPSA) is 56.6 Å². The maximum absolute atomic E-state index is 12.4. The first kappa shape index (κ1) is 20.8. The Kier molecular flexibility index (Phi) is 5.82. The highest BCUT2D eigenvalue weighted by atomic mass is 35.5. The molecule has 2 fully saturated rings. The molecule has 0 saturated carbocycles. The van der Waals surface area contributed by atoms with E-state index < -0.39 is 5.60 Å². The van der Waals surface area contributed by atoms with Crippen LogP contribution < -0.4 is 4.90 Å². The third-order valence-electron chi connectivity index (χ3n) is 5.97. The van der Waals surface area contributed by atoms with E-state index in [1.807, 2.05) is 37.8 Å². The molecule has 2 heterocycles. The van der Waals surface area contributed by atoms with Crippen LogP contribution in [0.5, 0.6) is 0 Å². The van der Waals surface area contributed by atoms with Crippen LogP contribution >= 0.6 is 11.6 Å². The number of amides is 1. The molecule has 0 bridgehead atoms. The van der Waals surface area contributed by atoms with Gasteiger partial charge in [0, 0.05) is 31.4 Å². The lowest BCUT2D eigenvalue weighted by atomic mass is 9.76. The van der Waals surface area contributed by atoms with E-state index in [-0.39, 0.29) is 11.5 Å². The third kappa shape index (κ3) is 4.38. The quantitative estimate of drug-likeness (QED) is 0.679. The number of anilines is 1. The van der Waals surface area contributed by atoms with Gasteiger partial charge in [-0.25, -0.2) is 4.79 Å². The molecule has 6 heteroatoms. The second kappa shape index (κ2) is 7.83. The molecular formula is C22H30ClN3O2. The molecule has 28 heavy (non-hydrogen) atoms. The molecule has 1 aromatic carbocycles. The van der Waals surface area contributed by atoms with Gasteiger partial charge in [-0.3, -0.25) is 0 Å². The lowest BCUT2D eigenvalue weighted by Gasteiger charge is -2.39. The Morgan fingerprint density at radius 2 is 2.04 bits per heavy atom. The molecule has 152 valence electrons. The van der Waals surface area contributed by atoms with Crippen LogP contribution in [-0.2, 0) is 4.74 Å². The molecule has 2 aliphatic heterocycles. The molecule has 1 amide bonds. The largest absolute Gasteiger partial charge is 0.444 e. The van der Waals surface area contributed by atoms with Crippen LogP contribution in [-0.4, -0.2) is 42.3 Å². The van der Waals surface area contributed by atoms with Crippen molar-refractivity contribution in [2.75, 3.05) is 24.5 Å². The summed E-state index contributed by atoms with van der Waals surface area (Å²) < 4.78 is 5.53. The molecular weight excluding hydrogens is 374 g/mol. The molecule has 0 N–H and O–H groups in total. The van der Waals surface area contributed by atoms with E-state index in [4.69, 9.17) is 21.6 Å². The van der Waals surface area contributed by atoms with Gasteiger partial charge in [0.15, 0.2) is 0 Å². The standard InChI is InChI=1S/C22H30ClN3O2/c1-5-17-13-22(8-10-25(11-9-22)20(27)28-21(2,3)4)15-26(17)18-7-6-16(14-24)19(23)12-18/h6-7,12,17H,5,8-11,13,15H2,1-4H3/t17-/m0/s1. The molecule has 2 aliphatic rings. The maximum atomic E-state index is 12.4. The number of nitrogens with zero attached hydrogens (tertiary/aromatic N) is 3. The van der Waals surface area contributed by atoms with Gasteiger partial charge < -0.3 is 14.5 Å². The molecule has 1 aromatic rings. The Bertz CT molecular complexity index is 773. The fourth-order valence-electron chi connectivity index (χ4n) is 4.46. The number of nitriles is 1. The van der Waals surface area contributed by atoms with Crippen LogP contribution in [0.3, 0.4) is 0 Å². The van der Waals surface area contributed by atoms with Gasteiger partial charge in [-0.1, -0.05) is 18.5 Å². The van der Waals surface area contributed by atoms with E-state index in [0.29, 0.717) is 16.6 Å². The van der Waals surface area contributed by atoms with E-state index in [9.17, 15) is 4.79 Å². The van der Waals surface area contributed by atoms with Crippen LogP contribution in [0.1, 0.15) is 58.9 Å². The number of benzene rings is 1. The second-order valence-electron chi connectivity index (χ2n) is 9.14. The molecule has 0 unspecified atom stereocenters. The van der Waals surface area contributed by atoms with Gasteiger partial charge in [0.25, 0.3) is 0 Å². The van der Waals surface area contributed by atoms with Crippen LogP contribution in [0.25, 0.3) is 0 Å². The Morgan fingerprint density at radius 3 is 2.57 bits per heavy atom. The van der Waals surface area contributed by atoms with E-state index in [1.54, 1.807) is 6.07 Å². The zero-order valence-electron chi connectivity index (χ0n) is 17.3. The predicted molar refractivity (Wildman–Crippen MR) is 112 cm³/mol. The van der Waals surface area contributed by atoms with Crippen molar-refractivity contribution in [2.45, 2.75) is 65.0 Å². The Morgan fingerprint density at radius 1 is 1.36 bits per heavy atom. The maximum Gasteiger partial charge on any atom is 0.410 e. The molecule has 0 aliphatic carbocycles. The minimum atomic E-state index is -0.460. The van der Waals surface area contributed by atoms with Crippen molar-refractivity contribution in [1.29, 1.82) is 5.26 Å². The summed E-state index contributed by atoms with van der Waals surface area (Å²) in [6, 6.07) is 8.30. The van der Waals surface area contributed by atoms with Crippen molar-refractivity contribution < 1.29 is 9.53 Å². The first-order valence-electron chi connectivity index (χ1n) is 10.1. The summed E-state index contributed by atoms with van der Waals surface area (Å²) in [6.07, 6.45) is 3.97. The number of hydrogen-bond acceptors (Lipinski definition) is 4. The van der Waals surface area contributed by atoms with Gasteiger partial charge in [-0.15, -0.1) is 0 Å². The van der Waals surface area contributed by atoms with Crippen molar-refractivity contribution in [3.05, 3.63) is 28.8 Å². The average Bonchev–Trinajstić information content (AvgIpc) is 2.99. The number of hydrogen-bond donors (Lipinski definition) is 0. The average molecular weight is 404 g/mol. The van der Waals surface area contributed by atoms with E-state index in [2.05, 4.69) is 17.9 Å². The highest BCUT2D eigenvalue weighted by molar-refractivity contribution is 6.32. The van der Waals surface area contributed by atoms with Crippen molar-refractivity contribution >= 4 is 23.4 Å². The summed E-state index contributed by atoms with van der Waals surface area (Å²) in [5.74, 6) is 0. The van der Waals surface area contributed by atoms with Gasteiger partial charge in [0.05, 0.1) is 10.6 Å².